The van der Waals surface area contributed by atoms with Gasteiger partial charge in [0.15, 0.2) is 0 Å². The minimum absolute atomic E-state index is 0.132. The fourth-order valence-corrected chi connectivity index (χ4v) is 3.85. The molecular weight excluding hydrogens is 286 g/mol. The summed E-state index contributed by atoms with van der Waals surface area (Å²) in [4.78, 5) is 16.9. The fraction of sp³-hybridized carbons (Fsp3) is 0.632. The van der Waals surface area contributed by atoms with E-state index in [1.54, 1.807) is 0 Å². The van der Waals surface area contributed by atoms with E-state index in [1.807, 2.05) is 4.90 Å². The van der Waals surface area contributed by atoms with Crippen LogP contribution in [-0.2, 0) is 0 Å². The van der Waals surface area contributed by atoms with Crippen LogP contribution in [0.2, 0.25) is 0 Å². The Morgan fingerprint density at radius 2 is 1.96 bits per heavy atom. The van der Waals surface area contributed by atoms with Crippen LogP contribution in [0, 0.1) is 6.92 Å². The Bertz CT molecular complexity index is 539. The van der Waals surface area contributed by atoms with E-state index >= 15 is 0 Å². The summed E-state index contributed by atoms with van der Waals surface area (Å²) in [6.45, 7) is 6.84. The summed E-state index contributed by atoms with van der Waals surface area (Å²) >= 11 is 0. The summed E-state index contributed by atoms with van der Waals surface area (Å²) in [5, 5.41) is 3.24. The van der Waals surface area contributed by atoms with Crippen molar-refractivity contribution in [1.82, 2.24) is 10.2 Å². The highest BCUT2D eigenvalue weighted by Crippen LogP contribution is 2.22. The zero-order valence-electron chi connectivity index (χ0n) is 14.4. The molecule has 1 atom stereocenters. The summed E-state index contributed by atoms with van der Waals surface area (Å²) in [6, 6.07) is 9.51. The van der Waals surface area contributed by atoms with Gasteiger partial charge < -0.3 is 15.1 Å². The molecule has 2 fully saturated rings. The number of urea groups is 1. The molecule has 1 aliphatic carbocycles. The number of benzene rings is 1. The first-order valence-corrected chi connectivity index (χ1v) is 9.02. The zero-order valence-corrected chi connectivity index (χ0v) is 14.4. The molecule has 1 aromatic rings. The lowest BCUT2D eigenvalue weighted by Crippen LogP contribution is -2.57. The summed E-state index contributed by atoms with van der Waals surface area (Å²) < 4.78 is 0. The lowest BCUT2D eigenvalue weighted by atomic mass is 9.96. The minimum Gasteiger partial charge on any atom is -0.365 e. The van der Waals surface area contributed by atoms with Gasteiger partial charge in [0, 0.05) is 37.4 Å². The largest absolute Gasteiger partial charge is 0.365 e. The molecule has 1 saturated heterocycles. The number of carbonyl (C=O) groups excluding carboxylic acids is 1. The second kappa shape index (κ2) is 7.24. The highest BCUT2D eigenvalue weighted by Gasteiger charge is 2.28. The zero-order chi connectivity index (χ0) is 16.2. The predicted octanol–water partition coefficient (Wildman–Crippen LogP) is 3.55. The second-order valence-electron chi connectivity index (χ2n) is 7.11. The van der Waals surface area contributed by atoms with E-state index < -0.39 is 0 Å². The lowest BCUT2D eigenvalue weighted by Gasteiger charge is -2.41. The number of hydrogen-bond acceptors (Lipinski definition) is 2. The van der Waals surface area contributed by atoms with Gasteiger partial charge in [-0.1, -0.05) is 31.4 Å². The van der Waals surface area contributed by atoms with Crippen molar-refractivity contribution in [2.45, 2.75) is 58.0 Å². The molecule has 1 N–H and O–H groups in total. The molecule has 126 valence electrons. The molecular formula is C19H29N3O. The number of aryl methyl sites for hydroxylation is 1. The Morgan fingerprint density at radius 3 is 2.65 bits per heavy atom. The van der Waals surface area contributed by atoms with E-state index in [1.165, 1.54) is 30.5 Å². The predicted molar refractivity (Wildman–Crippen MR) is 95.0 cm³/mol. The summed E-state index contributed by atoms with van der Waals surface area (Å²) in [7, 11) is 0. The van der Waals surface area contributed by atoms with Crippen molar-refractivity contribution in [2.24, 2.45) is 0 Å². The van der Waals surface area contributed by atoms with Crippen LogP contribution in [0.3, 0.4) is 0 Å². The molecule has 1 heterocycles. The molecule has 0 bridgehead atoms. The van der Waals surface area contributed by atoms with Crippen molar-refractivity contribution in [3.8, 4) is 0 Å². The molecule has 1 aromatic carbocycles. The smallest absolute Gasteiger partial charge is 0.317 e. The number of amides is 2. The van der Waals surface area contributed by atoms with Gasteiger partial charge in [-0.2, -0.15) is 0 Å². The third-order valence-corrected chi connectivity index (χ3v) is 5.18. The third kappa shape index (κ3) is 3.98. The first kappa shape index (κ1) is 16.2. The molecule has 0 aromatic heterocycles. The topological polar surface area (TPSA) is 35.6 Å². The molecule has 0 unspecified atom stereocenters. The van der Waals surface area contributed by atoms with Gasteiger partial charge in [0.1, 0.15) is 0 Å². The molecule has 1 saturated carbocycles. The van der Waals surface area contributed by atoms with Crippen molar-refractivity contribution < 1.29 is 4.79 Å². The second-order valence-corrected chi connectivity index (χ2v) is 7.11. The van der Waals surface area contributed by atoms with Crippen LogP contribution in [0.25, 0.3) is 0 Å². The van der Waals surface area contributed by atoms with Crippen molar-refractivity contribution in [3.05, 3.63) is 29.8 Å². The average molecular weight is 315 g/mol. The van der Waals surface area contributed by atoms with Gasteiger partial charge in [0.05, 0.1) is 0 Å². The van der Waals surface area contributed by atoms with Gasteiger partial charge >= 0.3 is 6.03 Å². The van der Waals surface area contributed by atoms with Crippen molar-refractivity contribution >= 4 is 11.7 Å². The van der Waals surface area contributed by atoms with Crippen molar-refractivity contribution in [2.75, 3.05) is 24.5 Å². The highest BCUT2D eigenvalue weighted by atomic mass is 16.2. The maximum Gasteiger partial charge on any atom is 0.317 e. The Labute approximate surface area is 139 Å². The maximum atomic E-state index is 12.5. The van der Waals surface area contributed by atoms with Crippen LogP contribution in [0.5, 0.6) is 0 Å². The molecule has 0 radical (unpaired) electrons. The third-order valence-electron chi connectivity index (χ3n) is 5.18. The Hall–Kier alpha value is -1.71. The number of carbonyl (C=O) groups is 1. The van der Waals surface area contributed by atoms with Crippen LogP contribution in [0.4, 0.5) is 10.5 Å². The average Bonchev–Trinajstić information content (AvgIpc) is 2.55. The van der Waals surface area contributed by atoms with E-state index in [9.17, 15) is 4.79 Å². The number of nitrogens with one attached hydrogen (secondary N) is 1. The van der Waals surface area contributed by atoms with Crippen LogP contribution >= 0.6 is 0 Å². The van der Waals surface area contributed by atoms with E-state index in [4.69, 9.17) is 0 Å². The molecule has 0 spiro atoms. The maximum absolute atomic E-state index is 12.5. The first-order chi connectivity index (χ1) is 11.1. The molecule has 4 nitrogen and oxygen atoms in total. The molecule has 4 heteroatoms. The highest BCUT2D eigenvalue weighted by molar-refractivity contribution is 5.75. The van der Waals surface area contributed by atoms with Crippen LogP contribution in [0.15, 0.2) is 24.3 Å². The number of piperazine rings is 1. The van der Waals surface area contributed by atoms with E-state index in [0.717, 1.165) is 32.5 Å². The number of rotatable bonds is 2. The van der Waals surface area contributed by atoms with Crippen LogP contribution in [-0.4, -0.2) is 42.6 Å². The van der Waals surface area contributed by atoms with E-state index in [0.29, 0.717) is 12.1 Å². The molecule has 1 aliphatic heterocycles. The van der Waals surface area contributed by atoms with E-state index in [2.05, 4.69) is 48.3 Å². The lowest BCUT2D eigenvalue weighted by molar-refractivity contribution is 0.179. The molecule has 2 aliphatic rings. The Morgan fingerprint density at radius 1 is 1.17 bits per heavy atom. The molecule has 2 amide bonds. The number of anilines is 1. The van der Waals surface area contributed by atoms with Crippen molar-refractivity contribution in [3.63, 3.8) is 0 Å². The number of hydrogen-bond donors (Lipinski definition) is 1. The fourth-order valence-electron chi connectivity index (χ4n) is 3.85. The minimum atomic E-state index is 0.132. The van der Waals surface area contributed by atoms with Gasteiger partial charge in [-0.3, -0.25) is 0 Å². The van der Waals surface area contributed by atoms with Gasteiger partial charge in [0.2, 0.25) is 0 Å². The summed E-state index contributed by atoms with van der Waals surface area (Å²) in [5.74, 6) is 0. The van der Waals surface area contributed by atoms with Gasteiger partial charge in [-0.25, -0.2) is 4.79 Å². The molecule has 23 heavy (non-hydrogen) atoms. The van der Waals surface area contributed by atoms with E-state index in [-0.39, 0.29) is 6.03 Å². The van der Waals surface area contributed by atoms with Crippen LogP contribution < -0.4 is 10.2 Å². The Kier molecular flexibility index (Phi) is 5.09. The van der Waals surface area contributed by atoms with Gasteiger partial charge in [-0.05, 0) is 44.4 Å². The van der Waals surface area contributed by atoms with Gasteiger partial charge in [-0.15, -0.1) is 0 Å². The Balaban J connectivity index is 1.56. The van der Waals surface area contributed by atoms with Gasteiger partial charge in [0.25, 0.3) is 0 Å². The SMILES string of the molecule is Cc1cccc(N2CCN(C(=O)NC3CCCCC3)C[C@H]2C)c1. The van der Waals surface area contributed by atoms with Crippen molar-refractivity contribution in [1.29, 1.82) is 0 Å². The number of nitrogens with zero attached hydrogens (tertiary/aromatic N) is 2. The normalized spacial score (nSPS) is 23.0. The summed E-state index contributed by atoms with van der Waals surface area (Å²) in [6.07, 6.45) is 6.11. The quantitative estimate of drug-likeness (QED) is 0.906. The first-order valence-electron chi connectivity index (χ1n) is 9.02. The van der Waals surface area contributed by atoms with Crippen LogP contribution in [0.1, 0.15) is 44.6 Å². The molecule has 3 rings (SSSR count). The monoisotopic (exact) mass is 315 g/mol. The standard InChI is InChI=1S/C19H29N3O/c1-15-7-6-10-18(13-15)22-12-11-21(14-16(22)2)19(23)20-17-8-4-3-5-9-17/h6-7,10,13,16-17H,3-5,8-9,11-12,14H2,1-2H3,(H,20,23)/t16-/m1/s1. The summed E-state index contributed by atoms with van der Waals surface area (Å²) in [5.41, 5.74) is 2.55.